The van der Waals surface area contributed by atoms with Crippen LogP contribution in [0.25, 0.3) is 0 Å². The fraction of sp³-hybridized carbons (Fsp3) is 0.250. The molecule has 0 aliphatic carbocycles. The molecule has 18 heavy (non-hydrogen) atoms. The lowest BCUT2D eigenvalue weighted by molar-refractivity contribution is 0.396. The molecule has 0 amide bonds. The number of ether oxygens (including phenoxy) is 1. The van der Waals surface area contributed by atoms with Crippen LogP contribution < -0.4 is 10.1 Å². The van der Waals surface area contributed by atoms with Crippen LogP contribution in [0.15, 0.2) is 21.9 Å². The highest BCUT2D eigenvalue weighted by Crippen LogP contribution is 2.34. The fourth-order valence-electron chi connectivity index (χ4n) is 1.27. The minimum Gasteiger partial charge on any atom is -0.493 e. The summed E-state index contributed by atoms with van der Waals surface area (Å²) in [6, 6.07) is 1.50. The van der Waals surface area contributed by atoms with Gasteiger partial charge in [-0.1, -0.05) is 0 Å². The molecule has 0 spiro atoms. The van der Waals surface area contributed by atoms with Crippen LogP contribution in [0, 0.1) is 0 Å². The van der Waals surface area contributed by atoms with Gasteiger partial charge in [0.05, 0.1) is 12.0 Å². The monoisotopic (exact) mass is 296 g/mol. The van der Waals surface area contributed by atoms with Gasteiger partial charge in [-0.2, -0.15) is 16.8 Å². The maximum absolute atomic E-state index is 11.1. The first-order valence-electron chi connectivity index (χ1n) is 4.38. The minimum atomic E-state index is -4.72. The molecule has 0 aliphatic rings. The summed E-state index contributed by atoms with van der Waals surface area (Å²) in [5.74, 6) is -0.313. The SMILES string of the molecule is C[N]c1cc(S(=O)(=O)O)cc(S(=O)(=O)O)c1OC. The number of benzene rings is 1. The van der Waals surface area contributed by atoms with Gasteiger partial charge in [-0.3, -0.25) is 14.4 Å². The number of hydrogen-bond acceptors (Lipinski definition) is 5. The van der Waals surface area contributed by atoms with Crippen LogP contribution in [-0.2, 0) is 20.2 Å². The summed E-state index contributed by atoms with van der Waals surface area (Å²) in [5, 5.41) is 3.61. The van der Waals surface area contributed by atoms with Crippen LogP contribution >= 0.6 is 0 Å². The molecule has 0 saturated heterocycles. The molecule has 1 rings (SSSR count). The number of methoxy groups -OCH3 is 1. The third-order valence-electron chi connectivity index (χ3n) is 2.03. The van der Waals surface area contributed by atoms with E-state index in [0.29, 0.717) is 6.07 Å². The molecule has 1 aromatic carbocycles. The molecule has 10 heteroatoms. The molecule has 0 saturated carbocycles. The van der Waals surface area contributed by atoms with Crippen molar-refractivity contribution in [2.45, 2.75) is 9.79 Å². The fourth-order valence-corrected chi connectivity index (χ4v) is 2.57. The van der Waals surface area contributed by atoms with Crippen LogP contribution in [0.1, 0.15) is 0 Å². The Morgan fingerprint density at radius 3 is 2.00 bits per heavy atom. The van der Waals surface area contributed by atoms with E-state index in [0.717, 1.165) is 13.2 Å². The van der Waals surface area contributed by atoms with E-state index >= 15 is 0 Å². The zero-order chi connectivity index (χ0) is 14.1. The Balaban J connectivity index is 3.79. The molecule has 0 atom stereocenters. The molecular weight excluding hydrogens is 286 g/mol. The average Bonchev–Trinajstić information content (AvgIpc) is 2.24. The van der Waals surface area contributed by atoms with Gasteiger partial charge >= 0.3 is 0 Å². The standard InChI is InChI=1S/C8H10NO7S2/c1-9-6-3-5(17(10,11)12)4-7(8(6)16-2)18(13,14)15/h3-4H,1-2H3,(H,10,11,12)(H,13,14,15). The molecule has 0 aromatic heterocycles. The van der Waals surface area contributed by atoms with Crippen molar-refractivity contribution < 1.29 is 30.7 Å². The molecule has 1 aromatic rings. The third-order valence-corrected chi connectivity index (χ3v) is 3.72. The van der Waals surface area contributed by atoms with Gasteiger partial charge in [-0.15, -0.1) is 0 Å². The van der Waals surface area contributed by atoms with Gasteiger partial charge < -0.3 is 4.74 Å². The summed E-state index contributed by atoms with van der Waals surface area (Å²) in [4.78, 5) is -1.50. The van der Waals surface area contributed by atoms with E-state index in [1.165, 1.54) is 7.05 Å². The summed E-state index contributed by atoms with van der Waals surface area (Å²) in [6.07, 6.45) is 0. The van der Waals surface area contributed by atoms with Crippen LogP contribution in [0.3, 0.4) is 0 Å². The highest BCUT2D eigenvalue weighted by atomic mass is 32.2. The van der Waals surface area contributed by atoms with Crippen LogP contribution in [-0.4, -0.2) is 40.1 Å². The lowest BCUT2D eigenvalue weighted by atomic mass is 10.3. The van der Waals surface area contributed by atoms with Gasteiger partial charge in [-0.25, -0.2) is 0 Å². The normalized spacial score (nSPS) is 12.2. The van der Waals surface area contributed by atoms with E-state index in [9.17, 15) is 16.8 Å². The molecule has 0 fully saturated rings. The number of hydrogen-bond donors (Lipinski definition) is 2. The van der Waals surface area contributed by atoms with Gasteiger partial charge in [0.2, 0.25) is 0 Å². The predicted octanol–water partition coefficient (Wildman–Crippen LogP) is 0.0543. The van der Waals surface area contributed by atoms with Gasteiger partial charge in [0.25, 0.3) is 20.2 Å². The Hall–Kier alpha value is -1.36. The summed E-state index contributed by atoms with van der Waals surface area (Å²) in [5.41, 5.74) is -0.139. The molecule has 0 unspecified atom stereocenters. The van der Waals surface area contributed by atoms with E-state index in [2.05, 4.69) is 5.32 Å². The van der Waals surface area contributed by atoms with Crippen molar-refractivity contribution in [2.24, 2.45) is 0 Å². The average molecular weight is 296 g/mol. The van der Waals surface area contributed by atoms with Crippen LogP contribution in [0.2, 0.25) is 0 Å². The first-order chi connectivity index (χ1) is 8.11. The van der Waals surface area contributed by atoms with Crippen molar-refractivity contribution in [3.05, 3.63) is 12.1 Å². The first-order valence-corrected chi connectivity index (χ1v) is 7.26. The third kappa shape index (κ3) is 2.90. The molecule has 101 valence electrons. The zero-order valence-electron chi connectivity index (χ0n) is 9.35. The van der Waals surface area contributed by atoms with Gasteiger partial charge in [-0.05, 0) is 12.1 Å². The molecule has 0 aliphatic heterocycles. The Morgan fingerprint density at radius 1 is 1.11 bits per heavy atom. The lowest BCUT2D eigenvalue weighted by Crippen LogP contribution is -2.07. The lowest BCUT2D eigenvalue weighted by Gasteiger charge is -2.11. The van der Waals surface area contributed by atoms with Crippen LogP contribution in [0.5, 0.6) is 5.75 Å². The molecule has 8 nitrogen and oxygen atoms in total. The summed E-state index contributed by atoms with van der Waals surface area (Å²) >= 11 is 0. The molecular formula is C8H10NO7S2. The second-order valence-electron chi connectivity index (χ2n) is 3.15. The van der Waals surface area contributed by atoms with E-state index in [-0.39, 0.29) is 11.4 Å². The zero-order valence-corrected chi connectivity index (χ0v) is 11.0. The second kappa shape index (κ2) is 4.72. The van der Waals surface area contributed by atoms with Crippen molar-refractivity contribution >= 4 is 25.9 Å². The largest absolute Gasteiger partial charge is 0.493 e. The smallest absolute Gasteiger partial charge is 0.298 e. The molecule has 2 N–H and O–H groups in total. The maximum Gasteiger partial charge on any atom is 0.298 e. The van der Waals surface area contributed by atoms with Crippen molar-refractivity contribution in [3.63, 3.8) is 0 Å². The van der Waals surface area contributed by atoms with E-state index in [4.69, 9.17) is 13.8 Å². The number of nitrogens with zero attached hydrogens (tertiary/aromatic N) is 1. The van der Waals surface area contributed by atoms with Gasteiger partial charge in [0.1, 0.15) is 10.6 Å². The minimum absolute atomic E-state index is 0.139. The quantitative estimate of drug-likeness (QED) is 0.750. The van der Waals surface area contributed by atoms with Gasteiger partial charge in [0.15, 0.2) is 5.75 Å². The first kappa shape index (κ1) is 14.7. The van der Waals surface area contributed by atoms with E-state index < -0.39 is 30.0 Å². The number of rotatable bonds is 4. The Morgan fingerprint density at radius 2 is 1.67 bits per heavy atom. The Labute approximate surface area is 104 Å². The van der Waals surface area contributed by atoms with Gasteiger partial charge in [0, 0.05) is 7.05 Å². The van der Waals surface area contributed by atoms with Crippen LogP contribution in [0.4, 0.5) is 5.69 Å². The summed E-state index contributed by atoms with van der Waals surface area (Å²) in [7, 11) is -6.96. The Bertz CT molecular complexity index is 663. The molecule has 0 bridgehead atoms. The highest BCUT2D eigenvalue weighted by molar-refractivity contribution is 7.86. The van der Waals surface area contributed by atoms with E-state index in [1.54, 1.807) is 0 Å². The van der Waals surface area contributed by atoms with Crippen molar-refractivity contribution in [1.82, 2.24) is 5.32 Å². The molecule has 1 radical (unpaired) electrons. The van der Waals surface area contributed by atoms with Crippen molar-refractivity contribution in [2.75, 3.05) is 14.2 Å². The maximum atomic E-state index is 11.1. The van der Waals surface area contributed by atoms with Crippen molar-refractivity contribution in [3.8, 4) is 5.75 Å². The van der Waals surface area contributed by atoms with Crippen molar-refractivity contribution in [1.29, 1.82) is 0 Å². The highest BCUT2D eigenvalue weighted by Gasteiger charge is 2.24. The predicted molar refractivity (Wildman–Crippen MR) is 60.3 cm³/mol. The topological polar surface area (TPSA) is 132 Å². The summed E-state index contributed by atoms with van der Waals surface area (Å²) < 4.78 is 66.8. The summed E-state index contributed by atoms with van der Waals surface area (Å²) in [6.45, 7) is 0. The Kier molecular flexibility index (Phi) is 3.86. The molecule has 0 heterocycles. The van der Waals surface area contributed by atoms with E-state index in [1.807, 2.05) is 0 Å². The second-order valence-corrected chi connectivity index (χ2v) is 5.96.